The molecule has 2 saturated carbocycles. The van der Waals surface area contributed by atoms with E-state index in [0.717, 1.165) is 57.7 Å². The Bertz CT molecular complexity index is 837. The van der Waals surface area contributed by atoms with Crippen molar-refractivity contribution in [2.75, 3.05) is 7.11 Å². The number of benzene rings is 2. The average molecular weight is 405 g/mol. The molecular formula is C27H32O3. The van der Waals surface area contributed by atoms with Crippen LogP contribution in [0, 0.1) is 11.8 Å². The van der Waals surface area contributed by atoms with E-state index in [1.54, 1.807) is 0 Å². The third-order valence-electron chi connectivity index (χ3n) is 7.32. The molecule has 2 fully saturated rings. The maximum absolute atomic E-state index is 11.7. The summed E-state index contributed by atoms with van der Waals surface area (Å²) in [6.45, 7) is 0. The normalized spacial score (nSPS) is 26.7. The summed E-state index contributed by atoms with van der Waals surface area (Å²) in [6.07, 6.45) is 9.39. The van der Waals surface area contributed by atoms with Gasteiger partial charge in [0.05, 0.1) is 13.0 Å². The van der Waals surface area contributed by atoms with Crippen LogP contribution >= 0.6 is 0 Å². The molecule has 0 atom stereocenters. The van der Waals surface area contributed by atoms with Crippen LogP contribution in [0.2, 0.25) is 0 Å². The van der Waals surface area contributed by atoms with Crippen molar-refractivity contribution in [1.82, 2.24) is 0 Å². The second kappa shape index (κ2) is 9.59. The lowest BCUT2D eigenvalue weighted by Crippen LogP contribution is -2.22. The van der Waals surface area contributed by atoms with Gasteiger partial charge in [-0.1, -0.05) is 48.5 Å². The van der Waals surface area contributed by atoms with Crippen LogP contribution in [0.3, 0.4) is 0 Å². The predicted molar refractivity (Wildman–Crippen MR) is 119 cm³/mol. The van der Waals surface area contributed by atoms with Crippen LogP contribution in [0.5, 0.6) is 0 Å². The number of carbonyl (C=O) groups excluding carboxylic acids is 2. The molecule has 2 aliphatic rings. The van der Waals surface area contributed by atoms with Crippen LogP contribution in [0.15, 0.2) is 48.5 Å². The minimum Gasteiger partial charge on any atom is -0.469 e. The van der Waals surface area contributed by atoms with Gasteiger partial charge in [0.2, 0.25) is 0 Å². The fraction of sp³-hybridized carbons (Fsp3) is 0.481. The van der Waals surface area contributed by atoms with Gasteiger partial charge in [-0.3, -0.25) is 4.79 Å². The van der Waals surface area contributed by atoms with Gasteiger partial charge in [-0.2, -0.15) is 0 Å². The first-order valence-electron chi connectivity index (χ1n) is 11.4. The van der Waals surface area contributed by atoms with Crippen molar-refractivity contribution in [2.24, 2.45) is 11.8 Å². The Morgan fingerprint density at radius 2 is 1.17 bits per heavy atom. The molecule has 0 unspecified atom stereocenters. The highest BCUT2D eigenvalue weighted by Gasteiger charge is 2.27. The standard InChI is InChI=1S/C27H32O3/c1-30-27(29)26-16-14-25(15-17-26)24-12-10-23(11-13-24)22-8-6-21(7-9-22)20-4-2-19(18-28)3-5-20/h6-13,18-20,25-26H,2-5,14-17H2,1H3. The summed E-state index contributed by atoms with van der Waals surface area (Å²) in [4.78, 5) is 22.7. The minimum atomic E-state index is -0.0518. The number of esters is 1. The Kier molecular flexibility index (Phi) is 6.66. The summed E-state index contributed by atoms with van der Waals surface area (Å²) < 4.78 is 4.90. The zero-order chi connectivity index (χ0) is 20.9. The molecule has 2 aliphatic carbocycles. The van der Waals surface area contributed by atoms with Crippen LogP contribution in [-0.4, -0.2) is 19.4 Å². The number of rotatable bonds is 5. The molecule has 0 heterocycles. The first kappa shape index (κ1) is 20.8. The number of carbonyl (C=O) groups is 2. The van der Waals surface area contributed by atoms with Crippen molar-refractivity contribution in [3.05, 3.63) is 59.7 Å². The average Bonchev–Trinajstić information content (AvgIpc) is 2.84. The smallest absolute Gasteiger partial charge is 0.308 e. The quantitative estimate of drug-likeness (QED) is 0.435. The minimum absolute atomic E-state index is 0.0518. The molecule has 2 aromatic carbocycles. The van der Waals surface area contributed by atoms with E-state index in [9.17, 15) is 9.59 Å². The highest BCUT2D eigenvalue weighted by Crippen LogP contribution is 2.38. The van der Waals surface area contributed by atoms with Gasteiger partial charge in [0.1, 0.15) is 6.29 Å². The van der Waals surface area contributed by atoms with E-state index in [4.69, 9.17) is 4.74 Å². The zero-order valence-electron chi connectivity index (χ0n) is 17.9. The summed E-state index contributed by atoms with van der Waals surface area (Å²) in [5.41, 5.74) is 5.28. The number of hydrogen-bond donors (Lipinski definition) is 0. The molecule has 0 spiro atoms. The van der Waals surface area contributed by atoms with Crippen LogP contribution in [0.4, 0.5) is 0 Å². The fourth-order valence-corrected chi connectivity index (χ4v) is 5.31. The molecule has 0 bridgehead atoms. The van der Waals surface area contributed by atoms with Crippen molar-refractivity contribution in [2.45, 2.75) is 63.2 Å². The van der Waals surface area contributed by atoms with E-state index >= 15 is 0 Å². The van der Waals surface area contributed by atoms with Crippen molar-refractivity contribution in [1.29, 1.82) is 0 Å². The summed E-state index contributed by atoms with van der Waals surface area (Å²) in [5.74, 6) is 1.44. The third-order valence-corrected chi connectivity index (χ3v) is 7.32. The van der Waals surface area contributed by atoms with Gasteiger partial charge < -0.3 is 9.53 Å². The van der Waals surface area contributed by atoms with E-state index in [2.05, 4.69) is 48.5 Å². The number of aldehydes is 1. The number of methoxy groups -OCH3 is 1. The summed E-state index contributed by atoms with van der Waals surface area (Å²) in [7, 11) is 1.48. The molecule has 158 valence electrons. The van der Waals surface area contributed by atoms with E-state index in [1.165, 1.54) is 29.4 Å². The molecule has 3 nitrogen and oxygen atoms in total. The Labute approximate surface area is 179 Å². The van der Waals surface area contributed by atoms with Gasteiger partial charge in [0.15, 0.2) is 0 Å². The highest BCUT2D eigenvalue weighted by atomic mass is 16.5. The molecule has 0 saturated heterocycles. The lowest BCUT2D eigenvalue weighted by Gasteiger charge is -2.27. The second-order valence-corrected chi connectivity index (χ2v) is 9.06. The first-order chi connectivity index (χ1) is 14.7. The van der Waals surface area contributed by atoms with Crippen molar-refractivity contribution >= 4 is 12.3 Å². The molecule has 0 aliphatic heterocycles. The topological polar surface area (TPSA) is 43.4 Å². The van der Waals surface area contributed by atoms with E-state index in [0.29, 0.717) is 11.8 Å². The molecule has 0 amide bonds. The molecule has 0 radical (unpaired) electrons. The Balaban J connectivity index is 1.36. The lowest BCUT2D eigenvalue weighted by atomic mass is 9.78. The molecule has 4 rings (SSSR count). The molecule has 2 aromatic rings. The van der Waals surface area contributed by atoms with Crippen molar-refractivity contribution in [3.63, 3.8) is 0 Å². The Morgan fingerprint density at radius 1 is 0.733 bits per heavy atom. The Hall–Kier alpha value is -2.42. The SMILES string of the molecule is COC(=O)C1CCC(c2ccc(-c3ccc(C4CCC(C=O)CC4)cc3)cc2)CC1. The summed E-state index contributed by atoms with van der Waals surface area (Å²) in [6, 6.07) is 18.0. The van der Waals surface area contributed by atoms with Gasteiger partial charge in [-0.25, -0.2) is 0 Å². The van der Waals surface area contributed by atoms with Crippen LogP contribution in [0.1, 0.15) is 74.3 Å². The maximum atomic E-state index is 11.7. The molecule has 3 heteroatoms. The maximum Gasteiger partial charge on any atom is 0.308 e. The van der Waals surface area contributed by atoms with Crippen LogP contribution in [0.25, 0.3) is 11.1 Å². The van der Waals surface area contributed by atoms with Gasteiger partial charge in [-0.05, 0) is 85.5 Å². The predicted octanol–water partition coefficient (Wildman–Crippen LogP) is 6.27. The van der Waals surface area contributed by atoms with Gasteiger partial charge in [0.25, 0.3) is 0 Å². The molecule has 0 aromatic heterocycles. The molecule has 0 N–H and O–H groups in total. The highest BCUT2D eigenvalue weighted by molar-refractivity contribution is 5.72. The molecule has 30 heavy (non-hydrogen) atoms. The number of ether oxygens (including phenoxy) is 1. The summed E-state index contributed by atoms with van der Waals surface area (Å²) in [5, 5.41) is 0. The largest absolute Gasteiger partial charge is 0.469 e. The van der Waals surface area contributed by atoms with E-state index < -0.39 is 0 Å². The van der Waals surface area contributed by atoms with E-state index in [-0.39, 0.29) is 17.8 Å². The van der Waals surface area contributed by atoms with Gasteiger partial charge in [0, 0.05) is 5.92 Å². The number of hydrogen-bond acceptors (Lipinski definition) is 3. The molecular weight excluding hydrogens is 372 g/mol. The zero-order valence-corrected chi connectivity index (χ0v) is 17.9. The van der Waals surface area contributed by atoms with Gasteiger partial charge in [-0.15, -0.1) is 0 Å². The Morgan fingerprint density at radius 3 is 1.57 bits per heavy atom. The third kappa shape index (κ3) is 4.66. The summed E-state index contributed by atoms with van der Waals surface area (Å²) >= 11 is 0. The monoisotopic (exact) mass is 404 g/mol. The first-order valence-corrected chi connectivity index (χ1v) is 11.4. The second-order valence-electron chi connectivity index (χ2n) is 9.06. The van der Waals surface area contributed by atoms with Crippen molar-refractivity contribution in [3.8, 4) is 11.1 Å². The lowest BCUT2D eigenvalue weighted by molar-refractivity contribution is -0.146. The van der Waals surface area contributed by atoms with Crippen molar-refractivity contribution < 1.29 is 14.3 Å². The fourth-order valence-electron chi connectivity index (χ4n) is 5.31. The van der Waals surface area contributed by atoms with E-state index in [1.807, 2.05) is 0 Å². The van der Waals surface area contributed by atoms with Gasteiger partial charge >= 0.3 is 5.97 Å². The van der Waals surface area contributed by atoms with Crippen LogP contribution < -0.4 is 0 Å². The van der Waals surface area contributed by atoms with Crippen LogP contribution in [-0.2, 0) is 14.3 Å².